The lowest BCUT2D eigenvalue weighted by molar-refractivity contribution is -0.528. The Kier molecular flexibility index (Phi) is 8.26. The number of Topliss-reactive ketones (excluding diaryl/α,β-unsaturated/α-hetero) is 1. The van der Waals surface area contributed by atoms with Crippen LogP contribution in [0, 0.1) is 55.1 Å². The highest BCUT2D eigenvalue weighted by molar-refractivity contribution is 5.80. The standard InChI is InChI=1S/C12H10F3NO3.C8H4F3NO2/c13-9-5-11(15)10(14)4-7(9)8-3-6(17)1-2-12(8)16(18)19;9-6-4-8(11)7(10)3-5(6)1-2-12(13)14/h4-5,8,12H,1-3H2;1-4H/t8-,12+;/m1./s1. The van der Waals surface area contributed by atoms with Gasteiger partial charge in [-0.25, -0.2) is 26.3 Å². The molecule has 13 heteroatoms. The summed E-state index contributed by atoms with van der Waals surface area (Å²) in [5.41, 5.74) is -0.686. The van der Waals surface area contributed by atoms with Crippen molar-refractivity contribution in [2.45, 2.75) is 31.2 Å². The molecule has 33 heavy (non-hydrogen) atoms. The SMILES string of the molecule is O=C1CC[C@H]([N+](=O)[O-])[C@@H](c2cc(F)c(F)cc2F)C1.O=[N+]([O-])C=Cc1cc(F)c(F)cc1F. The molecule has 0 aromatic heterocycles. The number of carbonyl (C=O) groups is 1. The van der Waals surface area contributed by atoms with Crippen molar-refractivity contribution in [3.63, 3.8) is 0 Å². The summed E-state index contributed by atoms with van der Waals surface area (Å²) in [4.78, 5) is 30.7. The zero-order valence-corrected chi connectivity index (χ0v) is 16.4. The van der Waals surface area contributed by atoms with Crippen molar-refractivity contribution in [2.75, 3.05) is 0 Å². The van der Waals surface area contributed by atoms with E-state index in [0.29, 0.717) is 30.5 Å². The Hall–Kier alpha value is -3.77. The van der Waals surface area contributed by atoms with Crippen molar-refractivity contribution >= 4 is 11.9 Å². The van der Waals surface area contributed by atoms with Crippen LogP contribution in [0.5, 0.6) is 0 Å². The van der Waals surface area contributed by atoms with Crippen LogP contribution in [-0.2, 0) is 4.79 Å². The van der Waals surface area contributed by atoms with Gasteiger partial charge in [-0.3, -0.25) is 25.0 Å². The zero-order valence-electron chi connectivity index (χ0n) is 16.4. The number of nitrogens with zero attached hydrogens (tertiary/aromatic N) is 2. The number of halogens is 6. The summed E-state index contributed by atoms with van der Waals surface area (Å²) in [5.74, 6) is -8.64. The van der Waals surface area contributed by atoms with Gasteiger partial charge >= 0.3 is 0 Å². The van der Waals surface area contributed by atoms with Crippen LogP contribution >= 0.6 is 0 Å². The maximum absolute atomic E-state index is 13.6. The van der Waals surface area contributed by atoms with Crippen LogP contribution in [0.3, 0.4) is 0 Å². The number of rotatable bonds is 4. The van der Waals surface area contributed by atoms with E-state index in [1.54, 1.807) is 0 Å². The number of nitro groups is 2. The maximum Gasteiger partial charge on any atom is 0.235 e. The predicted molar refractivity (Wildman–Crippen MR) is 101 cm³/mol. The topological polar surface area (TPSA) is 103 Å². The van der Waals surface area contributed by atoms with Gasteiger partial charge in [0.25, 0.3) is 0 Å². The molecule has 1 aliphatic carbocycles. The molecule has 2 aromatic carbocycles. The molecule has 0 radical (unpaired) electrons. The molecular weight excluding hydrogens is 462 g/mol. The van der Waals surface area contributed by atoms with Crippen LogP contribution in [0.25, 0.3) is 6.08 Å². The Bertz CT molecular complexity index is 1120. The lowest BCUT2D eigenvalue weighted by Gasteiger charge is -2.25. The molecule has 1 saturated carbocycles. The second kappa shape index (κ2) is 10.7. The fraction of sp³-hybridized carbons (Fsp3) is 0.250. The Labute approximate surface area is 181 Å². The van der Waals surface area contributed by atoms with E-state index in [0.717, 1.165) is 6.08 Å². The largest absolute Gasteiger partial charge is 0.300 e. The average molecular weight is 476 g/mol. The normalized spacial score (nSPS) is 18.1. The predicted octanol–water partition coefficient (Wildman–Crippen LogP) is 4.94. The van der Waals surface area contributed by atoms with Gasteiger partial charge in [0.05, 0.1) is 10.8 Å². The van der Waals surface area contributed by atoms with E-state index in [4.69, 9.17) is 0 Å². The number of hydrogen-bond donors (Lipinski definition) is 0. The summed E-state index contributed by atoms with van der Waals surface area (Å²) in [7, 11) is 0. The Balaban J connectivity index is 0.000000245. The van der Waals surface area contributed by atoms with Crippen LogP contribution in [0.2, 0.25) is 0 Å². The maximum atomic E-state index is 13.6. The van der Waals surface area contributed by atoms with Crippen LogP contribution < -0.4 is 0 Å². The number of hydrogen-bond acceptors (Lipinski definition) is 5. The van der Waals surface area contributed by atoms with Crippen LogP contribution in [0.15, 0.2) is 30.5 Å². The molecule has 0 spiro atoms. The average Bonchev–Trinajstić information content (AvgIpc) is 2.72. The molecule has 2 aromatic rings. The van der Waals surface area contributed by atoms with Gasteiger partial charge in [0.15, 0.2) is 23.3 Å². The highest BCUT2D eigenvalue weighted by Gasteiger charge is 2.40. The summed E-state index contributed by atoms with van der Waals surface area (Å²) in [6.45, 7) is 0. The molecule has 1 fully saturated rings. The third-order valence-corrected chi connectivity index (χ3v) is 4.76. The molecular formula is C20H14F6N2O5. The Morgan fingerprint density at radius 2 is 1.36 bits per heavy atom. The van der Waals surface area contributed by atoms with Gasteiger partial charge in [-0.05, 0) is 12.1 Å². The lowest BCUT2D eigenvalue weighted by Crippen LogP contribution is -2.34. The van der Waals surface area contributed by atoms with Gasteiger partial charge in [0, 0.05) is 53.5 Å². The van der Waals surface area contributed by atoms with Gasteiger partial charge in [0.1, 0.15) is 17.4 Å². The molecule has 2 atom stereocenters. The summed E-state index contributed by atoms with van der Waals surface area (Å²) >= 11 is 0. The third kappa shape index (κ3) is 6.60. The smallest absolute Gasteiger partial charge is 0.235 e. The van der Waals surface area contributed by atoms with E-state index in [2.05, 4.69) is 0 Å². The van der Waals surface area contributed by atoms with Gasteiger partial charge in [0.2, 0.25) is 12.2 Å². The van der Waals surface area contributed by atoms with Gasteiger partial charge in [-0.15, -0.1) is 0 Å². The summed E-state index contributed by atoms with van der Waals surface area (Å²) in [5, 5.41) is 20.8. The van der Waals surface area contributed by atoms with Crippen molar-refractivity contribution in [2.24, 2.45) is 0 Å². The van der Waals surface area contributed by atoms with E-state index in [-0.39, 0.29) is 36.2 Å². The fourth-order valence-corrected chi connectivity index (χ4v) is 3.19. The van der Waals surface area contributed by atoms with Gasteiger partial charge < -0.3 is 0 Å². The van der Waals surface area contributed by atoms with Crippen LogP contribution in [-0.4, -0.2) is 21.7 Å². The van der Waals surface area contributed by atoms with Crippen molar-refractivity contribution < 1.29 is 41.0 Å². The first kappa shape index (κ1) is 25.5. The lowest BCUT2D eigenvalue weighted by atomic mass is 9.79. The quantitative estimate of drug-likeness (QED) is 0.269. The Morgan fingerprint density at radius 1 is 0.818 bits per heavy atom. The second-order valence-electron chi connectivity index (χ2n) is 6.92. The van der Waals surface area contributed by atoms with Crippen molar-refractivity contribution in [1.82, 2.24) is 0 Å². The summed E-state index contributed by atoms with van der Waals surface area (Å²) in [6.07, 6.45) is 0.990. The van der Waals surface area contributed by atoms with E-state index >= 15 is 0 Å². The van der Waals surface area contributed by atoms with Crippen LogP contribution in [0.4, 0.5) is 26.3 Å². The monoisotopic (exact) mass is 476 g/mol. The highest BCUT2D eigenvalue weighted by atomic mass is 19.2. The molecule has 0 aliphatic heterocycles. The molecule has 0 bridgehead atoms. The highest BCUT2D eigenvalue weighted by Crippen LogP contribution is 2.35. The minimum Gasteiger partial charge on any atom is -0.300 e. The molecule has 7 nitrogen and oxygen atoms in total. The minimum atomic E-state index is -1.36. The molecule has 0 unspecified atom stereocenters. The first-order chi connectivity index (χ1) is 15.4. The molecule has 3 rings (SSSR count). The molecule has 0 amide bonds. The molecule has 1 aliphatic rings. The van der Waals surface area contributed by atoms with Gasteiger partial charge in [-0.2, -0.15) is 0 Å². The second-order valence-corrected chi connectivity index (χ2v) is 6.92. The van der Waals surface area contributed by atoms with Crippen molar-refractivity contribution in [3.05, 3.63) is 96.7 Å². The number of ketones is 1. The van der Waals surface area contributed by atoms with E-state index in [1.807, 2.05) is 0 Å². The van der Waals surface area contributed by atoms with Crippen molar-refractivity contribution in [3.8, 4) is 0 Å². The third-order valence-electron chi connectivity index (χ3n) is 4.76. The molecule has 0 heterocycles. The number of carbonyl (C=O) groups excluding carboxylic acids is 1. The summed E-state index contributed by atoms with van der Waals surface area (Å²) in [6, 6.07) is 0.669. The van der Waals surface area contributed by atoms with Gasteiger partial charge in [-0.1, -0.05) is 0 Å². The van der Waals surface area contributed by atoms with E-state index < -0.39 is 56.7 Å². The first-order valence-electron chi connectivity index (χ1n) is 9.16. The molecule has 0 saturated heterocycles. The van der Waals surface area contributed by atoms with E-state index in [1.165, 1.54) is 0 Å². The van der Waals surface area contributed by atoms with Crippen LogP contribution in [0.1, 0.15) is 36.3 Å². The first-order valence-corrected chi connectivity index (χ1v) is 9.16. The fourth-order valence-electron chi connectivity index (χ4n) is 3.19. The molecule has 176 valence electrons. The van der Waals surface area contributed by atoms with E-state index in [9.17, 15) is 51.4 Å². The molecule has 0 N–H and O–H groups in total. The Morgan fingerprint density at radius 3 is 1.94 bits per heavy atom. The number of benzene rings is 2. The minimum absolute atomic E-state index is 0.0189. The summed E-state index contributed by atoms with van der Waals surface area (Å²) < 4.78 is 77.3. The zero-order chi connectivity index (χ0) is 24.9. The van der Waals surface area contributed by atoms with Crippen molar-refractivity contribution in [1.29, 1.82) is 0 Å².